The Bertz CT molecular complexity index is 1350. The predicted molar refractivity (Wildman–Crippen MR) is 147 cm³/mol. The second-order valence-corrected chi connectivity index (χ2v) is 8.53. The van der Waals surface area contributed by atoms with Gasteiger partial charge in [-0.3, -0.25) is 9.59 Å². The highest BCUT2D eigenvalue weighted by Gasteiger charge is 2.33. The molecule has 1 aliphatic heterocycles. The molecule has 0 unspecified atom stereocenters. The lowest BCUT2D eigenvalue weighted by Gasteiger charge is -2.17. The highest BCUT2D eigenvalue weighted by Crippen LogP contribution is 2.33. The summed E-state index contributed by atoms with van der Waals surface area (Å²) in [5, 5.41) is 6.03. The Hall–Kier alpha value is -4.37. The molecule has 0 radical (unpaired) electrons. The van der Waals surface area contributed by atoms with Crippen LogP contribution in [0.3, 0.4) is 0 Å². The summed E-state index contributed by atoms with van der Waals surface area (Å²) in [7, 11) is 1.54. The van der Waals surface area contributed by atoms with Crippen molar-refractivity contribution >= 4 is 46.6 Å². The van der Waals surface area contributed by atoms with Crippen LogP contribution in [0.25, 0.3) is 6.08 Å². The zero-order valence-electron chi connectivity index (χ0n) is 20.7. The number of thiocarbonyl (C=S) groups is 1. The first kappa shape index (κ1) is 25.7. The molecule has 0 bridgehead atoms. The molecule has 190 valence electrons. The summed E-state index contributed by atoms with van der Waals surface area (Å²) in [4.78, 5) is 26.9. The summed E-state index contributed by atoms with van der Waals surface area (Å²) in [5.41, 5.74) is 3.36. The van der Waals surface area contributed by atoms with Gasteiger partial charge in [0.15, 0.2) is 23.2 Å². The Labute approximate surface area is 220 Å². The number of amides is 2. The maximum Gasteiger partial charge on any atom is 0.281 e. The van der Waals surface area contributed by atoms with Gasteiger partial charge in [0.2, 0.25) is 0 Å². The lowest BCUT2D eigenvalue weighted by molar-refractivity contribution is -0.118. The van der Waals surface area contributed by atoms with Crippen molar-refractivity contribution in [2.75, 3.05) is 30.5 Å². The van der Waals surface area contributed by atoms with Crippen molar-refractivity contribution < 1.29 is 23.8 Å². The Morgan fingerprint density at radius 2 is 1.78 bits per heavy atom. The van der Waals surface area contributed by atoms with Crippen molar-refractivity contribution in [1.82, 2.24) is 5.32 Å². The van der Waals surface area contributed by atoms with Crippen molar-refractivity contribution in [2.45, 2.75) is 13.8 Å². The van der Waals surface area contributed by atoms with Crippen LogP contribution in [-0.2, 0) is 9.59 Å². The number of benzene rings is 3. The number of ether oxygens (including phenoxy) is 3. The molecule has 2 amide bonds. The summed E-state index contributed by atoms with van der Waals surface area (Å²) in [6.45, 7) is 4.04. The van der Waals surface area contributed by atoms with Crippen molar-refractivity contribution in [2.24, 2.45) is 0 Å². The van der Waals surface area contributed by atoms with Crippen LogP contribution in [0.2, 0.25) is 0 Å². The maximum atomic E-state index is 13.2. The van der Waals surface area contributed by atoms with Gasteiger partial charge in [-0.2, -0.15) is 0 Å². The summed E-state index contributed by atoms with van der Waals surface area (Å²) in [6.07, 6.45) is 1.68. The van der Waals surface area contributed by atoms with Crippen molar-refractivity contribution in [3.8, 4) is 17.2 Å². The van der Waals surface area contributed by atoms with Gasteiger partial charge < -0.3 is 24.8 Å². The standard InChI is InChI=1S/C28H27N3O5S/c1-4-35-25-16-19(11-14-24(25)36-17-26(32)29-20-12-9-18(2)10-13-20)15-21-27(33)31(28(37)30-21)22-7-5-6-8-23(22)34-3/h5-16H,4,17H2,1-3H3,(H,29,32)(H,30,37)/b21-15+. The van der Waals surface area contributed by atoms with E-state index in [-0.39, 0.29) is 23.5 Å². The third kappa shape index (κ3) is 6.07. The van der Waals surface area contributed by atoms with Crippen LogP contribution < -0.4 is 29.7 Å². The molecule has 0 aromatic heterocycles. The lowest BCUT2D eigenvalue weighted by atomic mass is 10.1. The normalized spacial score (nSPS) is 13.9. The fourth-order valence-corrected chi connectivity index (χ4v) is 4.01. The van der Waals surface area contributed by atoms with Gasteiger partial charge in [-0.25, -0.2) is 4.90 Å². The van der Waals surface area contributed by atoms with E-state index in [2.05, 4.69) is 10.6 Å². The van der Waals surface area contributed by atoms with E-state index in [9.17, 15) is 9.59 Å². The van der Waals surface area contributed by atoms with Crippen LogP contribution in [0.4, 0.5) is 11.4 Å². The van der Waals surface area contributed by atoms with Crippen LogP contribution in [0.1, 0.15) is 18.1 Å². The fraction of sp³-hybridized carbons (Fsp3) is 0.179. The number of para-hydroxylation sites is 2. The molecule has 0 spiro atoms. The first-order chi connectivity index (χ1) is 17.9. The Morgan fingerprint density at radius 1 is 1.03 bits per heavy atom. The van der Waals surface area contributed by atoms with Crippen LogP contribution >= 0.6 is 12.2 Å². The number of carbonyl (C=O) groups excluding carboxylic acids is 2. The third-order valence-electron chi connectivity index (χ3n) is 5.48. The zero-order valence-corrected chi connectivity index (χ0v) is 21.6. The first-order valence-corrected chi connectivity index (χ1v) is 12.1. The van der Waals surface area contributed by atoms with Gasteiger partial charge in [0.05, 0.1) is 19.4 Å². The average Bonchev–Trinajstić information content (AvgIpc) is 3.17. The molecule has 4 rings (SSSR count). The van der Waals surface area contributed by atoms with E-state index >= 15 is 0 Å². The number of hydrogen-bond donors (Lipinski definition) is 2. The average molecular weight is 518 g/mol. The van der Waals surface area contributed by atoms with E-state index < -0.39 is 0 Å². The molecule has 3 aromatic rings. The molecule has 37 heavy (non-hydrogen) atoms. The Morgan fingerprint density at radius 3 is 2.51 bits per heavy atom. The maximum absolute atomic E-state index is 13.2. The molecule has 1 aliphatic rings. The van der Waals surface area contributed by atoms with Crippen molar-refractivity contribution in [3.63, 3.8) is 0 Å². The van der Waals surface area contributed by atoms with Gasteiger partial charge in [-0.1, -0.05) is 35.9 Å². The van der Waals surface area contributed by atoms with Gasteiger partial charge in [0, 0.05) is 5.69 Å². The molecule has 8 nitrogen and oxygen atoms in total. The number of nitrogens with zero attached hydrogens (tertiary/aromatic N) is 1. The summed E-state index contributed by atoms with van der Waals surface area (Å²) in [5.74, 6) is 0.811. The summed E-state index contributed by atoms with van der Waals surface area (Å²) >= 11 is 5.42. The van der Waals surface area contributed by atoms with Gasteiger partial charge in [-0.15, -0.1) is 0 Å². The largest absolute Gasteiger partial charge is 0.495 e. The van der Waals surface area contributed by atoms with E-state index in [0.717, 1.165) is 5.56 Å². The molecule has 3 aromatic carbocycles. The molecule has 0 aliphatic carbocycles. The smallest absolute Gasteiger partial charge is 0.281 e. The highest BCUT2D eigenvalue weighted by molar-refractivity contribution is 7.80. The van der Waals surface area contributed by atoms with Gasteiger partial charge in [0.1, 0.15) is 11.4 Å². The number of rotatable bonds is 9. The second-order valence-electron chi connectivity index (χ2n) is 8.14. The monoisotopic (exact) mass is 517 g/mol. The quantitative estimate of drug-likeness (QED) is 0.315. The summed E-state index contributed by atoms with van der Waals surface area (Å²) in [6, 6.07) is 19.9. The van der Waals surface area contributed by atoms with Crippen LogP contribution in [0, 0.1) is 6.92 Å². The number of carbonyl (C=O) groups is 2. The van der Waals surface area contributed by atoms with Crippen molar-refractivity contribution in [1.29, 1.82) is 0 Å². The zero-order chi connectivity index (χ0) is 26.4. The molecule has 1 saturated heterocycles. The van der Waals surface area contributed by atoms with Gasteiger partial charge in [-0.05, 0) is 74.1 Å². The number of methoxy groups -OCH3 is 1. The number of nitrogens with one attached hydrogen (secondary N) is 2. The molecular formula is C28H27N3O5S. The minimum atomic E-state index is -0.305. The minimum Gasteiger partial charge on any atom is -0.495 e. The van der Waals surface area contributed by atoms with Gasteiger partial charge in [0.25, 0.3) is 11.8 Å². The fourth-order valence-electron chi connectivity index (χ4n) is 3.71. The van der Waals surface area contributed by atoms with Crippen molar-refractivity contribution in [3.05, 3.63) is 83.6 Å². The van der Waals surface area contributed by atoms with E-state index in [1.807, 2.05) is 50.2 Å². The topological polar surface area (TPSA) is 89.1 Å². The third-order valence-corrected chi connectivity index (χ3v) is 5.76. The molecule has 1 fully saturated rings. The second kappa shape index (κ2) is 11.6. The number of hydrogen-bond acceptors (Lipinski definition) is 6. The first-order valence-electron chi connectivity index (χ1n) is 11.7. The molecule has 2 N–H and O–H groups in total. The highest BCUT2D eigenvalue weighted by atomic mass is 32.1. The predicted octanol–water partition coefficient (Wildman–Crippen LogP) is 4.68. The Balaban J connectivity index is 1.49. The molecular weight excluding hydrogens is 490 g/mol. The SMILES string of the molecule is CCOc1cc(/C=C2/NC(=S)N(c3ccccc3OC)C2=O)ccc1OCC(=O)Nc1ccc(C)cc1. The van der Waals surface area contributed by atoms with Gasteiger partial charge >= 0.3 is 0 Å². The number of aryl methyl sites for hydroxylation is 1. The summed E-state index contributed by atoms with van der Waals surface area (Å²) < 4.78 is 16.8. The van der Waals surface area contributed by atoms with Crippen LogP contribution in [0.5, 0.6) is 17.2 Å². The van der Waals surface area contributed by atoms with Crippen LogP contribution in [0.15, 0.2) is 72.4 Å². The minimum absolute atomic E-state index is 0.184. The lowest BCUT2D eigenvalue weighted by Crippen LogP contribution is -2.30. The van der Waals surface area contributed by atoms with E-state index in [1.54, 1.807) is 36.4 Å². The number of anilines is 2. The van der Waals surface area contributed by atoms with Crippen LogP contribution in [-0.4, -0.2) is 37.3 Å². The molecule has 9 heteroatoms. The van der Waals surface area contributed by atoms with E-state index in [4.69, 9.17) is 26.4 Å². The molecule has 0 atom stereocenters. The van der Waals surface area contributed by atoms with E-state index in [0.29, 0.717) is 46.5 Å². The molecule has 0 saturated carbocycles. The molecule has 1 heterocycles. The Kier molecular flexibility index (Phi) is 8.05. The van der Waals surface area contributed by atoms with E-state index in [1.165, 1.54) is 12.0 Å².